The predicted molar refractivity (Wildman–Crippen MR) is 94.0 cm³/mol. The van der Waals surface area contributed by atoms with Gasteiger partial charge in [0.2, 0.25) is 0 Å². The van der Waals surface area contributed by atoms with Crippen LogP contribution in [-0.2, 0) is 16.8 Å². The molecule has 2 heterocycles. The standard InChI is InChI=1S/C14H21N3OS.HI/c1-14(9-16-13(15)17(2)10-3-4-10)11-6-8-19-12(11)5-7-18-14;/h6,8,10H,3-5,7,9H2,1-2H3,(H2,15,16);1H. The summed E-state index contributed by atoms with van der Waals surface area (Å²) < 4.78 is 5.98. The topological polar surface area (TPSA) is 50.8 Å². The molecular weight excluding hydrogens is 385 g/mol. The fourth-order valence-electron chi connectivity index (χ4n) is 2.58. The highest BCUT2D eigenvalue weighted by Crippen LogP contribution is 2.36. The summed E-state index contributed by atoms with van der Waals surface area (Å²) in [6.07, 6.45) is 3.48. The van der Waals surface area contributed by atoms with Crippen molar-refractivity contribution in [2.45, 2.75) is 37.8 Å². The van der Waals surface area contributed by atoms with Crippen molar-refractivity contribution in [2.75, 3.05) is 20.2 Å². The number of rotatable bonds is 3. The summed E-state index contributed by atoms with van der Waals surface area (Å²) in [5, 5.41) is 2.14. The molecule has 1 saturated carbocycles. The molecule has 1 unspecified atom stereocenters. The van der Waals surface area contributed by atoms with E-state index in [2.05, 4.69) is 28.3 Å². The van der Waals surface area contributed by atoms with Crippen LogP contribution in [0, 0.1) is 0 Å². The first-order chi connectivity index (χ1) is 9.10. The number of ether oxygens (including phenoxy) is 1. The van der Waals surface area contributed by atoms with Gasteiger partial charge in [0.1, 0.15) is 5.60 Å². The highest BCUT2D eigenvalue weighted by molar-refractivity contribution is 14.0. The maximum Gasteiger partial charge on any atom is 0.191 e. The molecule has 4 nitrogen and oxygen atoms in total. The van der Waals surface area contributed by atoms with E-state index in [1.54, 1.807) is 0 Å². The van der Waals surface area contributed by atoms with Gasteiger partial charge < -0.3 is 15.4 Å². The van der Waals surface area contributed by atoms with Crippen molar-refractivity contribution in [3.05, 3.63) is 21.9 Å². The average molecular weight is 407 g/mol. The van der Waals surface area contributed by atoms with Gasteiger partial charge >= 0.3 is 0 Å². The molecule has 0 saturated heterocycles. The van der Waals surface area contributed by atoms with Crippen molar-refractivity contribution in [3.8, 4) is 0 Å². The van der Waals surface area contributed by atoms with E-state index in [-0.39, 0.29) is 29.6 Å². The number of thiophene rings is 1. The molecule has 3 rings (SSSR count). The van der Waals surface area contributed by atoms with Crippen molar-refractivity contribution in [1.82, 2.24) is 4.90 Å². The lowest BCUT2D eigenvalue weighted by Gasteiger charge is -2.33. The molecule has 1 aromatic rings. The Morgan fingerprint density at radius 3 is 3.05 bits per heavy atom. The molecule has 0 bridgehead atoms. The Labute approximate surface area is 141 Å². The molecule has 0 aromatic carbocycles. The quantitative estimate of drug-likeness (QED) is 0.476. The summed E-state index contributed by atoms with van der Waals surface area (Å²) in [5.41, 5.74) is 7.02. The fourth-order valence-corrected chi connectivity index (χ4v) is 3.56. The molecule has 0 radical (unpaired) electrons. The minimum Gasteiger partial charge on any atom is -0.370 e. The minimum absolute atomic E-state index is 0. The van der Waals surface area contributed by atoms with E-state index in [0.717, 1.165) is 13.0 Å². The van der Waals surface area contributed by atoms with Crippen molar-refractivity contribution >= 4 is 41.3 Å². The molecule has 1 atom stereocenters. The van der Waals surface area contributed by atoms with Crippen LogP contribution in [0.25, 0.3) is 0 Å². The van der Waals surface area contributed by atoms with Crippen LogP contribution >= 0.6 is 35.3 Å². The number of aliphatic imine (C=N–C) groups is 1. The Kier molecular flexibility index (Phi) is 4.96. The van der Waals surface area contributed by atoms with E-state index in [0.29, 0.717) is 18.5 Å². The van der Waals surface area contributed by atoms with Gasteiger partial charge in [-0.1, -0.05) is 0 Å². The Morgan fingerprint density at radius 2 is 2.35 bits per heavy atom. The molecule has 1 aliphatic carbocycles. The van der Waals surface area contributed by atoms with Gasteiger partial charge in [-0.05, 0) is 36.8 Å². The van der Waals surface area contributed by atoms with Crippen LogP contribution in [0.4, 0.5) is 0 Å². The number of guanidine groups is 1. The van der Waals surface area contributed by atoms with Crippen molar-refractivity contribution in [1.29, 1.82) is 0 Å². The highest BCUT2D eigenvalue weighted by Gasteiger charge is 2.34. The maximum atomic E-state index is 6.05. The second-order valence-electron chi connectivity index (χ2n) is 5.60. The summed E-state index contributed by atoms with van der Waals surface area (Å²) in [7, 11) is 2.02. The van der Waals surface area contributed by atoms with Gasteiger partial charge in [-0.25, -0.2) is 4.99 Å². The molecule has 20 heavy (non-hydrogen) atoms. The number of hydrogen-bond donors (Lipinski definition) is 1. The minimum atomic E-state index is -0.317. The summed E-state index contributed by atoms with van der Waals surface area (Å²) in [5.74, 6) is 0.634. The highest BCUT2D eigenvalue weighted by atomic mass is 127. The number of hydrogen-bond acceptors (Lipinski definition) is 3. The summed E-state index contributed by atoms with van der Waals surface area (Å²) in [6, 6.07) is 2.76. The van der Waals surface area contributed by atoms with Crippen molar-refractivity contribution < 1.29 is 4.74 Å². The number of halogens is 1. The lowest BCUT2D eigenvalue weighted by atomic mass is 9.93. The Morgan fingerprint density at radius 1 is 1.60 bits per heavy atom. The number of fused-ring (bicyclic) bond motifs is 1. The summed E-state index contributed by atoms with van der Waals surface area (Å²) in [4.78, 5) is 8.07. The first kappa shape index (κ1) is 16.0. The van der Waals surface area contributed by atoms with Gasteiger partial charge in [0.25, 0.3) is 0 Å². The molecule has 2 N–H and O–H groups in total. The first-order valence-electron chi connectivity index (χ1n) is 6.84. The second kappa shape index (κ2) is 6.19. The lowest BCUT2D eigenvalue weighted by Crippen LogP contribution is -2.39. The van der Waals surface area contributed by atoms with Crippen LogP contribution < -0.4 is 5.73 Å². The zero-order valence-corrected chi connectivity index (χ0v) is 15.1. The molecule has 0 spiro atoms. The van der Waals surface area contributed by atoms with Crippen LogP contribution in [0.3, 0.4) is 0 Å². The molecule has 2 aliphatic rings. The Bertz CT molecular complexity index is 500. The normalized spacial score (nSPS) is 25.8. The van der Waals surface area contributed by atoms with Gasteiger partial charge in [0.05, 0.1) is 13.2 Å². The maximum absolute atomic E-state index is 6.05. The van der Waals surface area contributed by atoms with Crippen LogP contribution in [0.15, 0.2) is 16.4 Å². The summed E-state index contributed by atoms with van der Waals surface area (Å²) in [6.45, 7) is 3.49. The third-order valence-electron chi connectivity index (χ3n) is 4.06. The summed E-state index contributed by atoms with van der Waals surface area (Å²) >= 11 is 1.81. The SMILES string of the molecule is CN(C(N)=NCC1(C)OCCc2sccc21)C1CC1.I. The third kappa shape index (κ3) is 3.12. The van der Waals surface area contributed by atoms with Crippen LogP contribution in [0.1, 0.15) is 30.2 Å². The lowest BCUT2D eigenvalue weighted by molar-refractivity contribution is -0.0376. The smallest absolute Gasteiger partial charge is 0.191 e. The van der Waals surface area contributed by atoms with Gasteiger partial charge in [0.15, 0.2) is 5.96 Å². The fraction of sp³-hybridized carbons (Fsp3) is 0.643. The monoisotopic (exact) mass is 407 g/mol. The average Bonchev–Trinajstić information content (AvgIpc) is 3.13. The Hall–Kier alpha value is -0.340. The second-order valence-corrected chi connectivity index (χ2v) is 6.60. The van der Waals surface area contributed by atoms with E-state index < -0.39 is 0 Å². The zero-order chi connectivity index (χ0) is 13.5. The largest absolute Gasteiger partial charge is 0.370 e. The molecule has 6 heteroatoms. The van der Waals surface area contributed by atoms with Crippen molar-refractivity contribution in [3.63, 3.8) is 0 Å². The molecule has 1 fully saturated rings. The van der Waals surface area contributed by atoms with E-state index in [4.69, 9.17) is 10.5 Å². The molecule has 112 valence electrons. The van der Waals surface area contributed by atoms with Gasteiger partial charge in [0, 0.05) is 24.4 Å². The van der Waals surface area contributed by atoms with Gasteiger partial charge in [-0.15, -0.1) is 35.3 Å². The Balaban J connectivity index is 0.00000147. The zero-order valence-electron chi connectivity index (χ0n) is 12.0. The number of nitrogens with two attached hydrogens (primary N) is 1. The third-order valence-corrected chi connectivity index (χ3v) is 5.04. The van der Waals surface area contributed by atoms with Gasteiger partial charge in [-0.3, -0.25) is 0 Å². The van der Waals surface area contributed by atoms with Crippen LogP contribution in [-0.4, -0.2) is 37.1 Å². The van der Waals surface area contributed by atoms with E-state index >= 15 is 0 Å². The van der Waals surface area contributed by atoms with Gasteiger partial charge in [-0.2, -0.15) is 0 Å². The van der Waals surface area contributed by atoms with E-state index in [1.165, 1.54) is 23.3 Å². The molecule has 1 aromatic heterocycles. The number of nitrogens with zero attached hydrogens (tertiary/aromatic N) is 2. The predicted octanol–water partition coefficient (Wildman–Crippen LogP) is 2.56. The molecular formula is C14H22IN3OS. The first-order valence-corrected chi connectivity index (χ1v) is 7.72. The van der Waals surface area contributed by atoms with Crippen LogP contribution in [0.2, 0.25) is 0 Å². The van der Waals surface area contributed by atoms with Crippen molar-refractivity contribution in [2.24, 2.45) is 10.7 Å². The molecule has 1 aliphatic heterocycles. The van der Waals surface area contributed by atoms with Crippen LogP contribution in [0.5, 0.6) is 0 Å². The van der Waals surface area contributed by atoms with E-state index in [9.17, 15) is 0 Å². The molecule has 0 amide bonds. The van der Waals surface area contributed by atoms with E-state index in [1.807, 2.05) is 18.4 Å².